The normalized spacial score (nSPS) is 26.7. The first-order valence-corrected chi connectivity index (χ1v) is 5.01. The van der Waals surface area contributed by atoms with Gasteiger partial charge in [0.25, 0.3) is 0 Å². The van der Waals surface area contributed by atoms with E-state index in [1.165, 1.54) is 4.90 Å². The molecule has 6 heteroatoms. The molecule has 2 heterocycles. The van der Waals surface area contributed by atoms with Gasteiger partial charge >= 0.3 is 0 Å². The summed E-state index contributed by atoms with van der Waals surface area (Å²) in [5.74, 6) is -0.953. The van der Waals surface area contributed by atoms with E-state index in [0.717, 1.165) is 19.4 Å². The quantitative estimate of drug-likeness (QED) is 0.503. The molecule has 0 bridgehead atoms. The minimum Gasteiger partial charge on any atom is -0.323 e. The number of carbonyl (C=O) groups is 3. The summed E-state index contributed by atoms with van der Waals surface area (Å²) in [5.41, 5.74) is 0. The molecule has 2 aliphatic heterocycles. The van der Waals surface area contributed by atoms with Crippen LogP contribution in [-0.2, 0) is 14.4 Å². The van der Waals surface area contributed by atoms with Gasteiger partial charge in [-0.05, 0) is 19.4 Å². The molecular weight excluding hydrogens is 198 g/mol. The van der Waals surface area contributed by atoms with E-state index in [4.69, 9.17) is 0 Å². The monoisotopic (exact) mass is 211 g/mol. The number of imide groups is 1. The summed E-state index contributed by atoms with van der Waals surface area (Å²) < 4.78 is 0. The van der Waals surface area contributed by atoms with E-state index in [2.05, 4.69) is 10.6 Å². The van der Waals surface area contributed by atoms with Crippen molar-refractivity contribution in [1.82, 2.24) is 15.5 Å². The van der Waals surface area contributed by atoms with Crippen LogP contribution < -0.4 is 10.6 Å². The van der Waals surface area contributed by atoms with Crippen LogP contribution in [0, 0.1) is 0 Å². The van der Waals surface area contributed by atoms with Gasteiger partial charge in [-0.15, -0.1) is 0 Å². The lowest BCUT2D eigenvalue weighted by Gasteiger charge is -2.27. The highest BCUT2D eigenvalue weighted by atomic mass is 16.2. The molecule has 0 spiro atoms. The van der Waals surface area contributed by atoms with Crippen molar-refractivity contribution in [3.05, 3.63) is 0 Å². The molecule has 2 fully saturated rings. The van der Waals surface area contributed by atoms with E-state index < -0.39 is 11.8 Å². The van der Waals surface area contributed by atoms with Crippen LogP contribution in [0.15, 0.2) is 0 Å². The Balaban J connectivity index is 1.99. The predicted octanol–water partition coefficient (Wildman–Crippen LogP) is -1.78. The molecule has 2 rings (SSSR count). The molecule has 2 saturated heterocycles. The maximum Gasteiger partial charge on any atom is 0.246 e. The molecule has 2 aliphatic rings. The lowest BCUT2D eigenvalue weighted by molar-refractivity contribution is -0.146. The molecule has 15 heavy (non-hydrogen) atoms. The van der Waals surface area contributed by atoms with Crippen LogP contribution in [0.3, 0.4) is 0 Å². The molecule has 0 aromatic heterocycles. The molecule has 6 nitrogen and oxygen atoms in total. The molecule has 82 valence electrons. The Morgan fingerprint density at radius 2 is 1.93 bits per heavy atom. The first-order valence-electron chi connectivity index (χ1n) is 5.01. The lowest BCUT2D eigenvalue weighted by Crippen LogP contribution is -2.56. The van der Waals surface area contributed by atoms with Gasteiger partial charge in [0, 0.05) is 0 Å². The fourth-order valence-corrected chi connectivity index (χ4v) is 1.91. The van der Waals surface area contributed by atoms with E-state index in [9.17, 15) is 14.4 Å². The van der Waals surface area contributed by atoms with Crippen LogP contribution >= 0.6 is 0 Å². The Morgan fingerprint density at radius 1 is 1.27 bits per heavy atom. The third-order valence-corrected chi connectivity index (χ3v) is 2.62. The van der Waals surface area contributed by atoms with Crippen molar-refractivity contribution in [2.45, 2.75) is 18.9 Å². The second-order valence-corrected chi connectivity index (χ2v) is 3.81. The fourth-order valence-electron chi connectivity index (χ4n) is 1.91. The van der Waals surface area contributed by atoms with Crippen LogP contribution in [0.5, 0.6) is 0 Å². The molecule has 0 unspecified atom stereocenters. The summed E-state index contributed by atoms with van der Waals surface area (Å²) in [6.07, 6.45) is 1.75. The summed E-state index contributed by atoms with van der Waals surface area (Å²) in [7, 11) is 0. The number of carbonyl (C=O) groups excluding carboxylic acids is 3. The van der Waals surface area contributed by atoms with Crippen LogP contribution in [0.4, 0.5) is 0 Å². The molecule has 3 amide bonds. The zero-order valence-corrected chi connectivity index (χ0v) is 8.28. The van der Waals surface area contributed by atoms with Gasteiger partial charge in [-0.25, -0.2) is 0 Å². The smallest absolute Gasteiger partial charge is 0.246 e. The minimum atomic E-state index is -0.405. The minimum absolute atomic E-state index is 0.0112. The van der Waals surface area contributed by atoms with Crippen molar-refractivity contribution in [3.63, 3.8) is 0 Å². The van der Waals surface area contributed by atoms with Gasteiger partial charge < -0.3 is 10.2 Å². The average Bonchev–Trinajstić information content (AvgIpc) is 2.67. The maximum absolute atomic E-state index is 11.8. The molecule has 0 aromatic rings. The SMILES string of the molecule is O=C1CN(C(=O)[C@H]2CCCN2)CC(=O)N1. The van der Waals surface area contributed by atoms with Crippen LogP contribution in [0.25, 0.3) is 0 Å². The van der Waals surface area contributed by atoms with Gasteiger partial charge in [-0.1, -0.05) is 0 Å². The van der Waals surface area contributed by atoms with Crippen molar-refractivity contribution >= 4 is 17.7 Å². The molecule has 0 aliphatic carbocycles. The standard InChI is InChI=1S/C9H13N3O3/c13-7-4-12(5-8(14)11-7)9(15)6-2-1-3-10-6/h6,10H,1-5H2,(H,11,13,14)/t6-/m1/s1. The largest absolute Gasteiger partial charge is 0.323 e. The van der Waals surface area contributed by atoms with Crippen molar-refractivity contribution < 1.29 is 14.4 Å². The lowest BCUT2D eigenvalue weighted by atomic mass is 10.2. The van der Waals surface area contributed by atoms with Gasteiger partial charge in [0.15, 0.2) is 0 Å². The van der Waals surface area contributed by atoms with Crippen LogP contribution in [0.2, 0.25) is 0 Å². The number of rotatable bonds is 1. The summed E-state index contributed by atoms with van der Waals surface area (Å²) in [6.45, 7) is 0.801. The first kappa shape index (κ1) is 10.1. The Hall–Kier alpha value is -1.43. The van der Waals surface area contributed by atoms with Gasteiger partial charge in [-0.2, -0.15) is 0 Å². The van der Waals surface area contributed by atoms with Gasteiger partial charge in [-0.3, -0.25) is 19.7 Å². The molecular formula is C9H13N3O3. The van der Waals surface area contributed by atoms with E-state index in [-0.39, 0.29) is 25.0 Å². The summed E-state index contributed by atoms with van der Waals surface area (Å²) in [4.78, 5) is 35.2. The van der Waals surface area contributed by atoms with E-state index in [1.54, 1.807) is 0 Å². The maximum atomic E-state index is 11.8. The second kappa shape index (κ2) is 3.98. The molecule has 0 saturated carbocycles. The molecule has 1 atom stereocenters. The Labute approximate surface area is 87.0 Å². The highest BCUT2D eigenvalue weighted by Gasteiger charge is 2.32. The zero-order chi connectivity index (χ0) is 10.8. The Morgan fingerprint density at radius 3 is 2.47 bits per heavy atom. The van der Waals surface area contributed by atoms with Crippen molar-refractivity contribution in [3.8, 4) is 0 Å². The summed E-state index contributed by atoms with van der Waals surface area (Å²) >= 11 is 0. The van der Waals surface area contributed by atoms with Gasteiger partial charge in [0.2, 0.25) is 17.7 Å². The number of amides is 3. The molecule has 0 aromatic carbocycles. The van der Waals surface area contributed by atoms with Gasteiger partial charge in [0.1, 0.15) is 13.1 Å². The van der Waals surface area contributed by atoms with Crippen LogP contribution in [0.1, 0.15) is 12.8 Å². The summed E-state index contributed by atoms with van der Waals surface area (Å²) in [5, 5.41) is 5.21. The van der Waals surface area contributed by atoms with Crippen molar-refractivity contribution in [2.75, 3.05) is 19.6 Å². The van der Waals surface area contributed by atoms with E-state index in [0.29, 0.717) is 0 Å². The highest BCUT2D eigenvalue weighted by molar-refractivity contribution is 6.03. The summed E-state index contributed by atoms with van der Waals surface area (Å²) in [6, 6.07) is -0.219. The van der Waals surface area contributed by atoms with E-state index >= 15 is 0 Å². The molecule has 0 radical (unpaired) electrons. The van der Waals surface area contributed by atoms with Gasteiger partial charge in [0.05, 0.1) is 6.04 Å². The Kier molecular flexibility index (Phi) is 2.68. The fraction of sp³-hybridized carbons (Fsp3) is 0.667. The number of hydrogen-bond donors (Lipinski definition) is 2. The number of nitrogens with one attached hydrogen (secondary N) is 2. The average molecular weight is 211 g/mol. The van der Waals surface area contributed by atoms with Crippen molar-refractivity contribution in [2.24, 2.45) is 0 Å². The zero-order valence-electron chi connectivity index (χ0n) is 8.28. The van der Waals surface area contributed by atoms with E-state index in [1.807, 2.05) is 0 Å². The van der Waals surface area contributed by atoms with Crippen molar-refractivity contribution in [1.29, 1.82) is 0 Å². The Bertz CT molecular complexity index is 294. The number of nitrogens with zero attached hydrogens (tertiary/aromatic N) is 1. The second-order valence-electron chi connectivity index (χ2n) is 3.81. The first-order chi connectivity index (χ1) is 7.16. The number of hydrogen-bond acceptors (Lipinski definition) is 4. The van der Waals surface area contributed by atoms with Crippen LogP contribution in [-0.4, -0.2) is 48.3 Å². The highest BCUT2D eigenvalue weighted by Crippen LogP contribution is 2.09. The topological polar surface area (TPSA) is 78.5 Å². The number of piperazine rings is 1. The third-order valence-electron chi connectivity index (χ3n) is 2.62. The molecule has 2 N–H and O–H groups in total. The third kappa shape index (κ3) is 2.15. The predicted molar refractivity (Wildman–Crippen MR) is 50.8 cm³/mol.